The Hall–Kier alpha value is -3.25. The van der Waals surface area contributed by atoms with Crippen molar-refractivity contribution in [2.24, 2.45) is 0 Å². The van der Waals surface area contributed by atoms with E-state index in [1.54, 1.807) is 12.4 Å². The van der Waals surface area contributed by atoms with Gasteiger partial charge >= 0.3 is 0 Å². The molecule has 0 atom stereocenters. The number of rotatable bonds is 3. The van der Waals surface area contributed by atoms with Crippen LogP contribution >= 0.6 is 0 Å². The smallest absolute Gasteiger partial charge is 0.255 e. The van der Waals surface area contributed by atoms with E-state index in [2.05, 4.69) is 51.2 Å². The number of fused-ring (bicyclic) bond motifs is 2. The van der Waals surface area contributed by atoms with Gasteiger partial charge in [0, 0.05) is 61.1 Å². The fraction of sp³-hybridized carbons (Fsp3) is 0.227. The SMILES string of the molecule is Cc1ccc2[nH]cc(CN3CCc4nc(-c5ccncc5)[nH]c(=O)c4C3)c2c1. The Kier molecular flexibility index (Phi) is 4.06. The van der Waals surface area contributed by atoms with Gasteiger partial charge in [0.15, 0.2) is 0 Å². The van der Waals surface area contributed by atoms with Crippen molar-refractivity contribution < 1.29 is 0 Å². The molecule has 6 heteroatoms. The van der Waals surface area contributed by atoms with E-state index < -0.39 is 0 Å². The molecule has 0 unspecified atom stereocenters. The van der Waals surface area contributed by atoms with Gasteiger partial charge in [-0.1, -0.05) is 11.6 Å². The van der Waals surface area contributed by atoms with Crippen molar-refractivity contribution in [2.45, 2.75) is 26.4 Å². The number of hydrogen-bond donors (Lipinski definition) is 2. The average Bonchev–Trinajstić information content (AvgIpc) is 3.11. The van der Waals surface area contributed by atoms with Crippen LogP contribution in [0.2, 0.25) is 0 Å². The number of nitrogens with zero attached hydrogens (tertiary/aromatic N) is 3. The molecule has 28 heavy (non-hydrogen) atoms. The fourth-order valence-corrected chi connectivity index (χ4v) is 3.93. The van der Waals surface area contributed by atoms with Crippen molar-refractivity contribution in [2.75, 3.05) is 6.54 Å². The molecule has 4 aromatic rings. The Bertz CT molecular complexity index is 1210. The van der Waals surface area contributed by atoms with Crippen LogP contribution in [0, 0.1) is 6.92 Å². The minimum atomic E-state index is -0.0451. The van der Waals surface area contributed by atoms with E-state index in [9.17, 15) is 4.79 Å². The fourth-order valence-electron chi connectivity index (χ4n) is 3.93. The van der Waals surface area contributed by atoms with E-state index in [1.165, 1.54) is 16.5 Å². The highest BCUT2D eigenvalue weighted by Crippen LogP contribution is 2.24. The first kappa shape index (κ1) is 16.9. The highest BCUT2D eigenvalue weighted by Gasteiger charge is 2.22. The van der Waals surface area contributed by atoms with E-state index in [1.807, 2.05) is 12.1 Å². The maximum Gasteiger partial charge on any atom is 0.255 e. The van der Waals surface area contributed by atoms with Gasteiger partial charge in [0.05, 0.1) is 11.3 Å². The van der Waals surface area contributed by atoms with Gasteiger partial charge in [-0.2, -0.15) is 0 Å². The zero-order valence-corrected chi connectivity index (χ0v) is 15.7. The van der Waals surface area contributed by atoms with Crippen LogP contribution in [0.3, 0.4) is 0 Å². The molecule has 3 aromatic heterocycles. The van der Waals surface area contributed by atoms with Crippen LogP contribution in [0.5, 0.6) is 0 Å². The van der Waals surface area contributed by atoms with Gasteiger partial charge in [-0.15, -0.1) is 0 Å². The van der Waals surface area contributed by atoms with E-state index in [-0.39, 0.29) is 5.56 Å². The number of nitrogens with one attached hydrogen (secondary N) is 2. The van der Waals surface area contributed by atoms with Crippen LogP contribution in [0.25, 0.3) is 22.3 Å². The third kappa shape index (κ3) is 3.01. The Balaban J connectivity index is 1.42. The van der Waals surface area contributed by atoms with Gasteiger partial charge < -0.3 is 9.97 Å². The summed E-state index contributed by atoms with van der Waals surface area (Å²) in [6, 6.07) is 10.2. The summed E-state index contributed by atoms with van der Waals surface area (Å²) in [5.41, 5.74) is 6.19. The van der Waals surface area contributed by atoms with Gasteiger partial charge in [0.1, 0.15) is 5.82 Å². The van der Waals surface area contributed by atoms with E-state index >= 15 is 0 Å². The van der Waals surface area contributed by atoms with Gasteiger partial charge in [-0.3, -0.25) is 14.7 Å². The van der Waals surface area contributed by atoms with Crippen molar-refractivity contribution in [1.29, 1.82) is 0 Å². The van der Waals surface area contributed by atoms with Gasteiger partial charge in [0.25, 0.3) is 5.56 Å². The molecule has 0 saturated heterocycles. The number of aryl methyl sites for hydroxylation is 1. The monoisotopic (exact) mass is 371 g/mol. The van der Waals surface area contributed by atoms with Crippen LogP contribution in [0.15, 0.2) is 53.7 Å². The zero-order chi connectivity index (χ0) is 19.1. The predicted octanol–water partition coefficient (Wildman–Crippen LogP) is 3.18. The Morgan fingerprint density at radius 2 is 2.04 bits per heavy atom. The summed E-state index contributed by atoms with van der Waals surface area (Å²) in [7, 11) is 0. The summed E-state index contributed by atoms with van der Waals surface area (Å²) >= 11 is 0. The first-order valence-electron chi connectivity index (χ1n) is 9.49. The first-order chi connectivity index (χ1) is 13.7. The van der Waals surface area contributed by atoms with Crippen LogP contribution in [0.1, 0.15) is 22.4 Å². The van der Waals surface area contributed by atoms with E-state index in [4.69, 9.17) is 4.98 Å². The largest absolute Gasteiger partial charge is 0.361 e. The highest BCUT2D eigenvalue weighted by molar-refractivity contribution is 5.83. The lowest BCUT2D eigenvalue weighted by atomic mass is 10.0. The highest BCUT2D eigenvalue weighted by atomic mass is 16.1. The number of aromatic amines is 2. The summed E-state index contributed by atoms with van der Waals surface area (Å²) in [4.78, 5) is 30.1. The van der Waals surface area contributed by atoms with Crippen LogP contribution < -0.4 is 5.56 Å². The maximum atomic E-state index is 12.7. The second kappa shape index (κ2) is 6.73. The first-order valence-corrected chi connectivity index (χ1v) is 9.49. The standard InChI is InChI=1S/C22H21N5O/c1-14-2-3-19-17(10-14)16(11-24-19)12-27-9-6-20-18(13-27)22(28)26-21(25-20)15-4-7-23-8-5-15/h2-5,7-8,10-11,24H,6,9,12-13H2,1H3,(H,25,26,28). The summed E-state index contributed by atoms with van der Waals surface area (Å²) < 4.78 is 0. The summed E-state index contributed by atoms with van der Waals surface area (Å²) in [6.07, 6.45) is 6.27. The molecular weight excluding hydrogens is 350 g/mol. The van der Waals surface area contributed by atoms with Crippen molar-refractivity contribution >= 4 is 10.9 Å². The maximum absolute atomic E-state index is 12.7. The molecule has 0 aliphatic carbocycles. The quantitative estimate of drug-likeness (QED) is 0.580. The molecular formula is C22H21N5O. The molecule has 140 valence electrons. The number of hydrogen-bond acceptors (Lipinski definition) is 4. The van der Waals surface area contributed by atoms with E-state index in [0.29, 0.717) is 12.4 Å². The molecule has 1 aromatic carbocycles. The van der Waals surface area contributed by atoms with E-state index in [0.717, 1.165) is 41.8 Å². The molecule has 0 amide bonds. The van der Waals surface area contributed by atoms with Crippen molar-refractivity contribution in [3.63, 3.8) is 0 Å². The molecule has 2 N–H and O–H groups in total. The average molecular weight is 371 g/mol. The summed E-state index contributed by atoms with van der Waals surface area (Å²) in [6.45, 7) is 4.43. The molecule has 0 bridgehead atoms. The lowest BCUT2D eigenvalue weighted by Gasteiger charge is -2.27. The molecule has 0 fully saturated rings. The minimum absolute atomic E-state index is 0.0451. The van der Waals surface area contributed by atoms with Gasteiger partial charge in [0.2, 0.25) is 0 Å². The molecule has 6 nitrogen and oxygen atoms in total. The normalized spacial score (nSPS) is 14.3. The van der Waals surface area contributed by atoms with Crippen LogP contribution in [-0.4, -0.2) is 31.4 Å². The number of benzene rings is 1. The Morgan fingerprint density at radius 1 is 1.18 bits per heavy atom. The molecule has 0 saturated carbocycles. The number of H-pyrrole nitrogens is 2. The summed E-state index contributed by atoms with van der Waals surface area (Å²) in [5, 5.41) is 1.26. The second-order valence-electron chi connectivity index (χ2n) is 7.40. The zero-order valence-electron chi connectivity index (χ0n) is 15.7. The molecule has 4 heterocycles. The van der Waals surface area contributed by atoms with Crippen LogP contribution in [0.4, 0.5) is 0 Å². The molecule has 0 spiro atoms. The molecule has 1 aliphatic rings. The Morgan fingerprint density at radius 3 is 2.89 bits per heavy atom. The lowest BCUT2D eigenvalue weighted by molar-refractivity contribution is 0.242. The summed E-state index contributed by atoms with van der Waals surface area (Å²) in [5.74, 6) is 0.617. The number of aromatic nitrogens is 4. The van der Waals surface area contributed by atoms with Gasteiger partial charge in [-0.25, -0.2) is 4.98 Å². The van der Waals surface area contributed by atoms with Crippen molar-refractivity contribution in [3.05, 3.63) is 81.7 Å². The Labute approximate surface area is 162 Å². The lowest BCUT2D eigenvalue weighted by Crippen LogP contribution is -2.35. The molecule has 5 rings (SSSR count). The second-order valence-corrected chi connectivity index (χ2v) is 7.40. The molecule has 0 radical (unpaired) electrons. The number of pyridine rings is 1. The van der Waals surface area contributed by atoms with Crippen molar-refractivity contribution in [3.8, 4) is 11.4 Å². The third-order valence-electron chi connectivity index (χ3n) is 5.42. The molecule has 1 aliphatic heterocycles. The van der Waals surface area contributed by atoms with Gasteiger partial charge in [-0.05, 0) is 36.8 Å². The topological polar surface area (TPSA) is 77.7 Å². The van der Waals surface area contributed by atoms with Crippen LogP contribution in [-0.2, 0) is 19.5 Å². The third-order valence-corrected chi connectivity index (χ3v) is 5.42. The predicted molar refractivity (Wildman–Crippen MR) is 109 cm³/mol. The minimum Gasteiger partial charge on any atom is -0.361 e. The van der Waals surface area contributed by atoms with Crippen molar-refractivity contribution in [1.82, 2.24) is 24.8 Å².